The van der Waals surface area contributed by atoms with Crippen LogP contribution in [0.15, 0.2) is 48.5 Å². The molecule has 0 amide bonds. The molecular weight excluding hydrogens is 340 g/mol. The molecule has 1 unspecified atom stereocenters. The summed E-state index contributed by atoms with van der Waals surface area (Å²) in [6.45, 7) is 7.62. The van der Waals surface area contributed by atoms with Gasteiger partial charge in [0.1, 0.15) is 5.60 Å². The fraction of sp³-hybridized carbons (Fsp3) is 0.391. The largest absolute Gasteiger partial charge is 0.481 e. The summed E-state index contributed by atoms with van der Waals surface area (Å²) in [5, 5.41) is 8.82. The second-order valence-electron chi connectivity index (χ2n) is 8.02. The lowest BCUT2D eigenvalue weighted by Gasteiger charge is -2.19. The van der Waals surface area contributed by atoms with E-state index < -0.39 is 11.6 Å². The molecule has 0 saturated carbocycles. The molecule has 0 heterocycles. The first-order valence-corrected chi connectivity index (χ1v) is 9.28. The smallest absolute Gasteiger partial charge is 0.338 e. The van der Waals surface area contributed by atoms with Gasteiger partial charge in [0.05, 0.1) is 5.56 Å². The quantitative estimate of drug-likeness (QED) is 0.669. The first-order chi connectivity index (χ1) is 12.6. The molecule has 0 radical (unpaired) electrons. The lowest BCUT2D eigenvalue weighted by molar-refractivity contribution is -0.137. The van der Waals surface area contributed by atoms with E-state index in [2.05, 4.69) is 19.1 Å². The zero-order valence-electron chi connectivity index (χ0n) is 16.5. The number of esters is 1. The average molecular weight is 368 g/mol. The fourth-order valence-corrected chi connectivity index (χ4v) is 2.91. The molecule has 0 bridgehead atoms. The molecule has 4 nitrogen and oxygen atoms in total. The maximum Gasteiger partial charge on any atom is 0.338 e. The van der Waals surface area contributed by atoms with Gasteiger partial charge in [0.25, 0.3) is 0 Å². The highest BCUT2D eigenvalue weighted by Crippen LogP contribution is 2.24. The van der Waals surface area contributed by atoms with Gasteiger partial charge in [0.2, 0.25) is 0 Å². The maximum atomic E-state index is 12.3. The molecule has 2 aromatic carbocycles. The number of ether oxygens (including phenoxy) is 1. The molecule has 4 heteroatoms. The van der Waals surface area contributed by atoms with Crippen LogP contribution >= 0.6 is 0 Å². The SMILES string of the molecule is CC(CCC(=O)O)Cc1cccc(-c2cccc(C(=O)OC(C)(C)C)c2)c1. The van der Waals surface area contributed by atoms with Crippen LogP contribution in [-0.4, -0.2) is 22.6 Å². The molecule has 2 rings (SSSR count). The molecule has 0 aliphatic carbocycles. The Morgan fingerprint density at radius 1 is 1.04 bits per heavy atom. The third-order valence-electron chi connectivity index (χ3n) is 4.19. The van der Waals surface area contributed by atoms with Gasteiger partial charge in [-0.2, -0.15) is 0 Å². The van der Waals surface area contributed by atoms with Crippen LogP contribution in [0.4, 0.5) is 0 Å². The number of rotatable bonds is 7. The summed E-state index contributed by atoms with van der Waals surface area (Å²) in [5.41, 5.74) is 3.15. The van der Waals surface area contributed by atoms with Gasteiger partial charge in [-0.05, 0) is 68.4 Å². The van der Waals surface area contributed by atoms with Crippen molar-refractivity contribution in [1.29, 1.82) is 0 Å². The molecule has 0 aliphatic heterocycles. The topological polar surface area (TPSA) is 63.6 Å². The predicted molar refractivity (Wildman–Crippen MR) is 107 cm³/mol. The molecule has 1 N–H and O–H groups in total. The van der Waals surface area contributed by atoms with E-state index in [0.717, 1.165) is 23.1 Å². The minimum Gasteiger partial charge on any atom is -0.481 e. The number of hydrogen-bond donors (Lipinski definition) is 1. The number of carbonyl (C=O) groups excluding carboxylic acids is 1. The number of benzene rings is 2. The summed E-state index contributed by atoms with van der Waals surface area (Å²) in [6.07, 6.45) is 1.68. The normalized spacial score (nSPS) is 12.4. The van der Waals surface area contributed by atoms with Gasteiger partial charge < -0.3 is 9.84 Å². The molecule has 0 fully saturated rings. The van der Waals surface area contributed by atoms with Crippen LogP contribution in [0, 0.1) is 5.92 Å². The average Bonchev–Trinajstić information content (AvgIpc) is 2.59. The number of hydrogen-bond acceptors (Lipinski definition) is 3. The Morgan fingerprint density at radius 2 is 1.67 bits per heavy atom. The summed E-state index contributed by atoms with van der Waals surface area (Å²) in [5.74, 6) is -0.790. The van der Waals surface area contributed by atoms with Crippen LogP contribution < -0.4 is 0 Å². The molecule has 0 spiro atoms. The highest BCUT2D eigenvalue weighted by atomic mass is 16.6. The second kappa shape index (κ2) is 8.85. The minimum atomic E-state index is -0.755. The van der Waals surface area contributed by atoms with Crippen molar-refractivity contribution in [3.63, 3.8) is 0 Å². The summed E-state index contributed by atoms with van der Waals surface area (Å²) < 4.78 is 5.45. The molecule has 0 aliphatic rings. The van der Waals surface area contributed by atoms with E-state index in [9.17, 15) is 9.59 Å². The first kappa shape index (κ1) is 20.7. The Hall–Kier alpha value is -2.62. The minimum absolute atomic E-state index is 0.193. The molecule has 27 heavy (non-hydrogen) atoms. The van der Waals surface area contributed by atoms with Crippen LogP contribution in [0.25, 0.3) is 11.1 Å². The van der Waals surface area contributed by atoms with E-state index in [1.54, 1.807) is 6.07 Å². The lowest BCUT2D eigenvalue weighted by Crippen LogP contribution is -2.23. The fourth-order valence-electron chi connectivity index (χ4n) is 2.91. The van der Waals surface area contributed by atoms with E-state index in [-0.39, 0.29) is 12.4 Å². The number of carbonyl (C=O) groups is 2. The molecular formula is C23H28O4. The van der Waals surface area contributed by atoms with E-state index in [1.807, 2.05) is 51.1 Å². The van der Waals surface area contributed by atoms with Crippen molar-refractivity contribution in [1.82, 2.24) is 0 Å². The standard InChI is InChI=1S/C23H28O4/c1-16(11-12-21(24)25)13-17-7-5-8-18(14-17)19-9-6-10-20(15-19)22(26)27-23(2,3)4/h5-10,14-16H,11-13H2,1-4H3,(H,24,25). The zero-order valence-corrected chi connectivity index (χ0v) is 16.5. The summed E-state index contributed by atoms with van der Waals surface area (Å²) in [4.78, 5) is 23.0. The van der Waals surface area contributed by atoms with Crippen LogP contribution in [0.3, 0.4) is 0 Å². The summed E-state index contributed by atoms with van der Waals surface area (Å²) >= 11 is 0. The lowest BCUT2D eigenvalue weighted by atomic mass is 9.94. The third kappa shape index (κ3) is 6.89. The zero-order chi connectivity index (χ0) is 20.0. The van der Waals surface area contributed by atoms with Gasteiger partial charge in [0.15, 0.2) is 0 Å². The molecule has 144 valence electrons. The van der Waals surface area contributed by atoms with E-state index in [4.69, 9.17) is 9.84 Å². The van der Waals surface area contributed by atoms with Gasteiger partial charge in [-0.3, -0.25) is 4.79 Å². The van der Waals surface area contributed by atoms with Gasteiger partial charge in [-0.15, -0.1) is 0 Å². The van der Waals surface area contributed by atoms with Crippen molar-refractivity contribution in [3.05, 3.63) is 59.7 Å². The van der Waals surface area contributed by atoms with Crippen LogP contribution in [0.5, 0.6) is 0 Å². The van der Waals surface area contributed by atoms with Crippen LogP contribution in [0.1, 0.15) is 56.5 Å². The van der Waals surface area contributed by atoms with Crippen molar-refractivity contribution in [2.45, 2.75) is 52.6 Å². The van der Waals surface area contributed by atoms with Crippen molar-refractivity contribution in [3.8, 4) is 11.1 Å². The highest BCUT2D eigenvalue weighted by molar-refractivity contribution is 5.91. The molecule has 2 aromatic rings. The Bertz CT molecular complexity index is 802. The molecule has 1 atom stereocenters. The molecule has 0 saturated heterocycles. The van der Waals surface area contributed by atoms with Crippen molar-refractivity contribution in [2.24, 2.45) is 5.92 Å². The van der Waals surface area contributed by atoms with E-state index in [0.29, 0.717) is 17.9 Å². The second-order valence-corrected chi connectivity index (χ2v) is 8.02. The van der Waals surface area contributed by atoms with E-state index in [1.165, 1.54) is 0 Å². The Labute approximate surface area is 161 Å². The van der Waals surface area contributed by atoms with Crippen molar-refractivity contribution < 1.29 is 19.4 Å². The number of carboxylic acids is 1. The molecule has 0 aromatic heterocycles. The first-order valence-electron chi connectivity index (χ1n) is 9.28. The Balaban J connectivity index is 2.15. The van der Waals surface area contributed by atoms with Crippen LogP contribution in [0.2, 0.25) is 0 Å². The Kier molecular flexibility index (Phi) is 6.78. The number of aliphatic carboxylic acids is 1. The Morgan fingerprint density at radius 3 is 2.30 bits per heavy atom. The summed E-state index contributed by atoms with van der Waals surface area (Å²) in [6, 6.07) is 15.6. The van der Waals surface area contributed by atoms with Gasteiger partial charge in [0, 0.05) is 6.42 Å². The van der Waals surface area contributed by atoms with Crippen molar-refractivity contribution in [2.75, 3.05) is 0 Å². The van der Waals surface area contributed by atoms with Crippen LogP contribution in [-0.2, 0) is 16.0 Å². The van der Waals surface area contributed by atoms with E-state index >= 15 is 0 Å². The summed E-state index contributed by atoms with van der Waals surface area (Å²) in [7, 11) is 0. The van der Waals surface area contributed by atoms with Gasteiger partial charge in [-0.1, -0.05) is 43.3 Å². The predicted octanol–water partition coefficient (Wildman–Crippen LogP) is 5.35. The number of carboxylic acid groups (broad SMARTS) is 1. The third-order valence-corrected chi connectivity index (χ3v) is 4.19. The van der Waals surface area contributed by atoms with Crippen molar-refractivity contribution >= 4 is 11.9 Å². The van der Waals surface area contributed by atoms with Gasteiger partial charge in [-0.25, -0.2) is 4.79 Å². The maximum absolute atomic E-state index is 12.3. The highest BCUT2D eigenvalue weighted by Gasteiger charge is 2.18. The van der Waals surface area contributed by atoms with Gasteiger partial charge >= 0.3 is 11.9 Å². The monoisotopic (exact) mass is 368 g/mol.